The second kappa shape index (κ2) is 6.27. The van der Waals surface area contributed by atoms with Crippen LogP contribution < -0.4 is 11.1 Å². The first-order valence-electron chi connectivity index (χ1n) is 5.77. The van der Waals surface area contributed by atoms with Crippen molar-refractivity contribution < 1.29 is 10.0 Å². The molecule has 0 aliphatic heterocycles. The first kappa shape index (κ1) is 13.5. The van der Waals surface area contributed by atoms with E-state index in [9.17, 15) is 4.79 Å². The molecule has 2 rings (SSSR count). The van der Waals surface area contributed by atoms with Gasteiger partial charge in [0.2, 0.25) is 0 Å². The van der Waals surface area contributed by atoms with Crippen LogP contribution in [0.4, 0.5) is 0 Å². The van der Waals surface area contributed by atoms with Gasteiger partial charge in [0, 0.05) is 24.7 Å². The zero-order valence-electron chi connectivity index (χ0n) is 10.4. The Bertz CT molecular complexity index is 592. The number of H-pyrrole nitrogens is 1. The van der Waals surface area contributed by atoms with Crippen molar-refractivity contribution in [2.24, 2.45) is 10.9 Å². The lowest BCUT2D eigenvalue weighted by Gasteiger charge is -2.04. The van der Waals surface area contributed by atoms with Gasteiger partial charge in [-0.1, -0.05) is 5.16 Å². The van der Waals surface area contributed by atoms with Gasteiger partial charge >= 0.3 is 0 Å². The highest BCUT2D eigenvalue weighted by molar-refractivity contribution is 5.98. The van der Waals surface area contributed by atoms with Crippen molar-refractivity contribution >= 4 is 11.7 Å². The molecule has 104 valence electrons. The average molecular weight is 275 g/mol. The second-order valence-electron chi connectivity index (χ2n) is 3.86. The molecule has 0 spiro atoms. The Labute approximate surface area is 113 Å². The Hall–Kier alpha value is -2.97. The van der Waals surface area contributed by atoms with Crippen molar-refractivity contribution in [2.45, 2.75) is 6.42 Å². The number of carbonyl (C=O) groups excluding carboxylic acids is 1. The van der Waals surface area contributed by atoms with Crippen LogP contribution in [0.1, 0.15) is 21.9 Å². The number of nitrogens with one attached hydrogen (secondary N) is 2. The predicted octanol–water partition coefficient (Wildman–Crippen LogP) is -0.733. The molecule has 9 nitrogen and oxygen atoms in total. The molecule has 0 bridgehead atoms. The molecule has 0 aromatic carbocycles. The minimum Gasteiger partial charge on any atom is -0.409 e. The Morgan fingerprint density at radius 3 is 2.90 bits per heavy atom. The smallest absolute Gasteiger partial charge is 0.269 e. The summed E-state index contributed by atoms with van der Waals surface area (Å²) in [4.78, 5) is 19.7. The number of nitrogens with two attached hydrogens (primary N) is 1. The van der Waals surface area contributed by atoms with Crippen molar-refractivity contribution in [1.82, 2.24) is 25.5 Å². The van der Waals surface area contributed by atoms with Crippen molar-refractivity contribution in [3.05, 3.63) is 41.7 Å². The largest absolute Gasteiger partial charge is 0.409 e. The van der Waals surface area contributed by atoms with E-state index in [1.807, 2.05) is 0 Å². The summed E-state index contributed by atoms with van der Waals surface area (Å²) in [6.45, 7) is 0.414. The summed E-state index contributed by atoms with van der Waals surface area (Å²) < 4.78 is 0. The molecule has 0 saturated carbocycles. The number of aromatic amines is 1. The van der Waals surface area contributed by atoms with Gasteiger partial charge in [-0.3, -0.25) is 14.9 Å². The van der Waals surface area contributed by atoms with E-state index >= 15 is 0 Å². The van der Waals surface area contributed by atoms with Gasteiger partial charge in [0.25, 0.3) is 5.91 Å². The van der Waals surface area contributed by atoms with E-state index in [1.165, 1.54) is 18.6 Å². The van der Waals surface area contributed by atoms with Crippen LogP contribution in [-0.4, -0.2) is 43.7 Å². The number of hydrogen-bond donors (Lipinski definition) is 4. The van der Waals surface area contributed by atoms with E-state index < -0.39 is 0 Å². The number of pyridine rings is 1. The normalized spacial score (nSPS) is 11.3. The molecule has 0 fully saturated rings. The first-order valence-corrected chi connectivity index (χ1v) is 5.77. The molecule has 0 unspecified atom stereocenters. The SMILES string of the molecule is NC(=NO)c1ccc(C(=O)NCCc2ncn[nH]2)nc1. The number of hydrogen-bond acceptors (Lipinski definition) is 6. The van der Waals surface area contributed by atoms with Gasteiger partial charge < -0.3 is 16.3 Å². The Kier molecular flexibility index (Phi) is 4.22. The van der Waals surface area contributed by atoms with E-state index in [0.717, 1.165) is 0 Å². The van der Waals surface area contributed by atoms with Crippen molar-refractivity contribution in [3.63, 3.8) is 0 Å². The van der Waals surface area contributed by atoms with Gasteiger partial charge in [-0.2, -0.15) is 5.10 Å². The Morgan fingerprint density at radius 1 is 1.45 bits per heavy atom. The molecule has 2 heterocycles. The molecule has 0 atom stereocenters. The molecule has 0 aliphatic rings. The number of nitrogens with zero attached hydrogens (tertiary/aromatic N) is 4. The maximum Gasteiger partial charge on any atom is 0.269 e. The Morgan fingerprint density at radius 2 is 2.30 bits per heavy atom. The van der Waals surface area contributed by atoms with Crippen LogP contribution >= 0.6 is 0 Å². The highest BCUT2D eigenvalue weighted by atomic mass is 16.4. The van der Waals surface area contributed by atoms with Crippen molar-refractivity contribution in [3.8, 4) is 0 Å². The van der Waals surface area contributed by atoms with Crippen LogP contribution in [0, 0.1) is 0 Å². The van der Waals surface area contributed by atoms with Crippen LogP contribution in [0.5, 0.6) is 0 Å². The summed E-state index contributed by atoms with van der Waals surface area (Å²) in [5.41, 5.74) is 6.08. The summed E-state index contributed by atoms with van der Waals surface area (Å²) in [5, 5.41) is 20.5. The number of oxime groups is 1. The summed E-state index contributed by atoms with van der Waals surface area (Å²) in [6.07, 6.45) is 3.32. The lowest BCUT2D eigenvalue weighted by atomic mass is 10.2. The quantitative estimate of drug-likeness (QED) is 0.245. The molecule has 0 saturated heterocycles. The maximum atomic E-state index is 11.8. The number of carbonyl (C=O) groups is 1. The zero-order chi connectivity index (χ0) is 14.4. The monoisotopic (exact) mass is 275 g/mol. The predicted molar refractivity (Wildman–Crippen MR) is 69.2 cm³/mol. The highest BCUT2D eigenvalue weighted by Crippen LogP contribution is 2.00. The third-order valence-electron chi connectivity index (χ3n) is 2.51. The molecule has 5 N–H and O–H groups in total. The third-order valence-corrected chi connectivity index (χ3v) is 2.51. The van der Waals surface area contributed by atoms with Crippen LogP contribution in [-0.2, 0) is 6.42 Å². The Balaban J connectivity index is 1.89. The molecule has 2 aromatic rings. The summed E-state index contributed by atoms with van der Waals surface area (Å²) in [5.74, 6) is 0.325. The minimum atomic E-state index is -0.310. The van der Waals surface area contributed by atoms with E-state index in [0.29, 0.717) is 24.4 Å². The van der Waals surface area contributed by atoms with Crippen LogP contribution in [0.25, 0.3) is 0 Å². The van der Waals surface area contributed by atoms with E-state index in [4.69, 9.17) is 10.9 Å². The molecule has 9 heteroatoms. The van der Waals surface area contributed by atoms with Gasteiger partial charge in [0.15, 0.2) is 5.84 Å². The van der Waals surface area contributed by atoms with E-state index in [2.05, 4.69) is 30.6 Å². The van der Waals surface area contributed by atoms with Crippen LogP contribution in [0.3, 0.4) is 0 Å². The lowest BCUT2D eigenvalue weighted by Crippen LogP contribution is -2.27. The molecule has 2 aromatic heterocycles. The highest BCUT2D eigenvalue weighted by Gasteiger charge is 2.08. The fraction of sp³-hybridized carbons (Fsp3) is 0.182. The molecular weight excluding hydrogens is 262 g/mol. The van der Waals surface area contributed by atoms with E-state index in [1.54, 1.807) is 6.07 Å². The fourth-order valence-corrected chi connectivity index (χ4v) is 1.47. The van der Waals surface area contributed by atoms with Crippen molar-refractivity contribution in [1.29, 1.82) is 0 Å². The zero-order valence-corrected chi connectivity index (χ0v) is 10.4. The lowest BCUT2D eigenvalue weighted by molar-refractivity contribution is 0.0949. The number of rotatable bonds is 5. The number of aromatic nitrogens is 4. The standard InChI is InChI=1S/C11H13N7O2/c12-10(18-20)7-1-2-8(14-5-7)11(19)13-4-3-9-15-6-16-17-9/h1-2,5-6,20H,3-4H2,(H2,12,18)(H,13,19)(H,15,16,17). The summed E-state index contributed by atoms with van der Waals surface area (Å²) in [6, 6.07) is 3.05. The number of amidine groups is 1. The molecule has 0 radical (unpaired) electrons. The molecule has 0 aliphatic carbocycles. The maximum absolute atomic E-state index is 11.8. The fourth-order valence-electron chi connectivity index (χ4n) is 1.47. The summed E-state index contributed by atoms with van der Waals surface area (Å²) in [7, 11) is 0. The van der Waals surface area contributed by atoms with Crippen molar-refractivity contribution in [2.75, 3.05) is 6.54 Å². The van der Waals surface area contributed by atoms with E-state index in [-0.39, 0.29) is 17.4 Å². The molecular formula is C11H13N7O2. The topological polar surface area (TPSA) is 142 Å². The van der Waals surface area contributed by atoms with Crippen LogP contribution in [0.2, 0.25) is 0 Å². The first-order chi connectivity index (χ1) is 9.70. The number of amides is 1. The van der Waals surface area contributed by atoms with Gasteiger partial charge in [0.05, 0.1) is 0 Å². The minimum absolute atomic E-state index is 0.0604. The van der Waals surface area contributed by atoms with Crippen LogP contribution in [0.15, 0.2) is 29.8 Å². The molecule has 1 amide bonds. The second-order valence-corrected chi connectivity index (χ2v) is 3.86. The summed E-state index contributed by atoms with van der Waals surface area (Å²) >= 11 is 0. The molecule has 20 heavy (non-hydrogen) atoms. The van der Waals surface area contributed by atoms with Gasteiger partial charge in [-0.05, 0) is 12.1 Å². The average Bonchev–Trinajstić information content (AvgIpc) is 2.99. The van der Waals surface area contributed by atoms with Gasteiger partial charge in [0.1, 0.15) is 17.8 Å². The van der Waals surface area contributed by atoms with Gasteiger partial charge in [-0.25, -0.2) is 4.98 Å². The third kappa shape index (κ3) is 3.28. The van der Waals surface area contributed by atoms with Gasteiger partial charge in [-0.15, -0.1) is 0 Å².